The van der Waals surface area contributed by atoms with Gasteiger partial charge in [0, 0.05) is 57.1 Å². The molecular weight excluding hydrogens is 696 g/mol. The van der Waals surface area contributed by atoms with Crippen LogP contribution in [0, 0.1) is 11.8 Å². The monoisotopic (exact) mass is 744 g/mol. The second-order valence-electron chi connectivity index (χ2n) is 13.1. The molecule has 49 heavy (non-hydrogen) atoms. The van der Waals surface area contributed by atoms with Crippen LogP contribution in [-0.2, 0) is 33.4 Å². The molecule has 0 aromatic heterocycles. The van der Waals surface area contributed by atoms with Gasteiger partial charge in [-0.25, -0.2) is 0 Å². The minimum atomic E-state index is -1.24. The first kappa shape index (κ1) is 37.2. The standard InChI is InChI=1S/C36H49BrN4O8/c1-3-5-13-28(43)38-24-27(25-11-7-6-8-12-25)48-35(46)29-30-33(44)41(15-9-10-20-42)32(36(30)23-26(37)31(29)49-36)34(45)40(14-4-2)17-16-39-18-21-47-22-19-39/h3-4,6-8,11-12,26-27,29-32,42H,1-2,5,9-10,13-24H2,(H,38,43)/t26?,27-,29-,30+,31-,32-,36+/m1/s1. The van der Waals surface area contributed by atoms with Gasteiger partial charge in [-0.15, -0.1) is 13.2 Å². The molecule has 4 saturated heterocycles. The second kappa shape index (κ2) is 17.2. The predicted octanol–water partition coefficient (Wildman–Crippen LogP) is 2.22. The van der Waals surface area contributed by atoms with Gasteiger partial charge in [0.2, 0.25) is 17.7 Å². The van der Waals surface area contributed by atoms with Crippen molar-refractivity contribution in [1.29, 1.82) is 0 Å². The molecule has 1 unspecified atom stereocenters. The van der Waals surface area contributed by atoms with Crippen LogP contribution < -0.4 is 5.32 Å². The van der Waals surface area contributed by atoms with Gasteiger partial charge in [0.15, 0.2) is 0 Å². The number of aliphatic hydroxyl groups excluding tert-OH is 1. The van der Waals surface area contributed by atoms with Gasteiger partial charge >= 0.3 is 5.97 Å². The number of aliphatic hydroxyl groups is 1. The highest BCUT2D eigenvalue weighted by atomic mass is 79.9. The molecule has 0 saturated carbocycles. The lowest BCUT2D eigenvalue weighted by atomic mass is 9.70. The number of alkyl halides is 1. The first-order valence-electron chi connectivity index (χ1n) is 17.3. The molecule has 1 aromatic carbocycles. The van der Waals surface area contributed by atoms with Crippen LogP contribution in [0.4, 0.5) is 0 Å². The van der Waals surface area contributed by atoms with Crippen molar-refractivity contribution >= 4 is 39.6 Å². The molecule has 2 N–H and O–H groups in total. The summed E-state index contributed by atoms with van der Waals surface area (Å²) in [5, 5.41) is 12.4. The zero-order valence-corrected chi connectivity index (χ0v) is 29.6. The molecule has 0 aliphatic carbocycles. The van der Waals surface area contributed by atoms with E-state index in [2.05, 4.69) is 39.3 Å². The Morgan fingerprint density at radius 1 is 1.14 bits per heavy atom. The number of nitrogens with one attached hydrogen (secondary N) is 1. The Labute approximate surface area is 296 Å². The van der Waals surface area contributed by atoms with Gasteiger partial charge in [0.05, 0.1) is 37.7 Å². The molecule has 1 aromatic rings. The summed E-state index contributed by atoms with van der Waals surface area (Å²) in [6.45, 7) is 12.0. The number of carbonyl (C=O) groups excluding carboxylic acids is 4. The number of hydrogen-bond donors (Lipinski definition) is 2. The Balaban J connectivity index is 1.41. The van der Waals surface area contributed by atoms with Gasteiger partial charge in [-0.3, -0.25) is 24.1 Å². The van der Waals surface area contributed by atoms with Crippen molar-refractivity contribution in [1.82, 2.24) is 20.0 Å². The Morgan fingerprint density at radius 2 is 1.90 bits per heavy atom. The summed E-state index contributed by atoms with van der Waals surface area (Å²) in [4.78, 5) is 61.0. The number of likely N-dealkylation sites (tertiary alicyclic amines) is 1. The van der Waals surface area contributed by atoms with Crippen molar-refractivity contribution in [3.05, 3.63) is 61.2 Å². The number of ether oxygens (including phenoxy) is 3. The lowest BCUT2D eigenvalue weighted by molar-refractivity contribution is -0.160. The second-order valence-corrected chi connectivity index (χ2v) is 14.3. The zero-order chi connectivity index (χ0) is 35.0. The largest absolute Gasteiger partial charge is 0.455 e. The molecule has 5 rings (SSSR count). The normalized spacial score (nSPS) is 28.2. The number of unbranched alkanes of at least 4 members (excludes halogenated alkanes) is 1. The molecule has 4 aliphatic rings. The third-order valence-electron chi connectivity index (χ3n) is 10.0. The Kier molecular flexibility index (Phi) is 13.1. The summed E-state index contributed by atoms with van der Waals surface area (Å²) in [6, 6.07) is 8.20. The smallest absolute Gasteiger partial charge is 0.313 e. The number of amides is 3. The van der Waals surface area contributed by atoms with E-state index in [0.717, 1.165) is 13.1 Å². The van der Waals surface area contributed by atoms with Crippen LogP contribution in [0.5, 0.6) is 0 Å². The molecule has 1 spiro atoms. The summed E-state index contributed by atoms with van der Waals surface area (Å²) in [5.41, 5.74) is -0.541. The third-order valence-corrected chi connectivity index (χ3v) is 10.9. The summed E-state index contributed by atoms with van der Waals surface area (Å²) in [5.74, 6) is -3.25. The number of esters is 1. The molecule has 13 heteroatoms. The number of allylic oxidation sites excluding steroid dienone is 1. The fourth-order valence-corrected chi connectivity index (χ4v) is 8.60. The topological polar surface area (TPSA) is 138 Å². The van der Waals surface area contributed by atoms with Crippen molar-refractivity contribution in [2.24, 2.45) is 11.8 Å². The molecule has 268 valence electrons. The average Bonchev–Trinajstić information content (AvgIpc) is 3.71. The highest BCUT2D eigenvalue weighted by molar-refractivity contribution is 9.09. The first-order chi connectivity index (χ1) is 23.7. The van der Waals surface area contributed by atoms with Gasteiger partial charge in [-0.2, -0.15) is 0 Å². The summed E-state index contributed by atoms with van der Waals surface area (Å²) >= 11 is 3.73. The van der Waals surface area contributed by atoms with Crippen LogP contribution in [0.15, 0.2) is 55.6 Å². The van der Waals surface area contributed by atoms with E-state index in [1.54, 1.807) is 22.0 Å². The van der Waals surface area contributed by atoms with Crippen molar-refractivity contribution in [2.45, 2.75) is 60.8 Å². The van der Waals surface area contributed by atoms with Crippen molar-refractivity contribution in [3.63, 3.8) is 0 Å². The van der Waals surface area contributed by atoms with Crippen molar-refractivity contribution in [2.75, 3.05) is 65.6 Å². The average molecular weight is 746 g/mol. The van der Waals surface area contributed by atoms with Crippen LogP contribution >= 0.6 is 15.9 Å². The highest BCUT2D eigenvalue weighted by Crippen LogP contribution is 2.60. The Morgan fingerprint density at radius 3 is 2.59 bits per heavy atom. The molecule has 4 heterocycles. The number of morpholine rings is 1. The number of hydrogen-bond acceptors (Lipinski definition) is 9. The van der Waals surface area contributed by atoms with Gasteiger partial charge in [0.1, 0.15) is 17.7 Å². The van der Waals surface area contributed by atoms with E-state index >= 15 is 0 Å². The minimum Gasteiger partial charge on any atom is -0.455 e. The lowest BCUT2D eigenvalue weighted by Gasteiger charge is -2.38. The number of rotatable bonds is 18. The molecule has 4 fully saturated rings. The van der Waals surface area contributed by atoms with Crippen LogP contribution in [0.2, 0.25) is 0 Å². The maximum Gasteiger partial charge on any atom is 0.313 e. The molecule has 4 aliphatic heterocycles. The van der Waals surface area contributed by atoms with Crippen LogP contribution in [0.25, 0.3) is 0 Å². The number of halogens is 1. The summed E-state index contributed by atoms with van der Waals surface area (Å²) in [6.07, 6.45) is 3.97. The minimum absolute atomic E-state index is 0.0423. The Hall–Kier alpha value is -3.10. The molecule has 2 bridgehead atoms. The van der Waals surface area contributed by atoms with E-state index in [1.807, 2.05) is 30.3 Å². The number of benzene rings is 1. The number of carbonyl (C=O) groups is 4. The molecule has 7 atom stereocenters. The van der Waals surface area contributed by atoms with Crippen LogP contribution in [0.3, 0.4) is 0 Å². The molecule has 12 nitrogen and oxygen atoms in total. The molecular formula is C36H49BrN4O8. The van der Waals surface area contributed by atoms with E-state index in [9.17, 15) is 24.3 Å². The number of fused-ring (bicyclic) bond motifs is 1. The van der Waals surface area contributed by atoms with E-state index < -0.39 is 41.7 Å². The lowest BCUT2D eigenvalue weighted by Crippen LogP contribution is -2.57. The maximum atomic E-state index is 14.6. The third kappa shape index (κ3) is 8.12. The molecule has 0 radical (unpaired) electrons. The van der Waals surface area contributed by atoms with Crippen LogP contribution in [0.1, 0.15) is 43.8 Å². The van der Waals surface area contributed by atoms with Crippen LogP contribution in [-0.4, -0.2) is 132 Å². The first-order valence-corrected chi connectivity index (χ1v) is 18.2. The summed E-state index contributed by atoms with van der Waals surface area (Å²) < 4.78 is 18.3. The maximum absolute atomic E-state index is 14.6. The van der Waals surface area contributed by atoms with Gasteiger partial charge < -0.3 is 34.4 Å². The summed E-state index contributed by atoms with van der Waals surface area (Å²) in [7, 11) is 0. The fourth-order valence-electron chi connectivity index (χ4n) is 7.66. The van der Waals surface area contributed by atoms with E-state index in [4.69, 9.17) is 14.2 Å². The fraction of sp³-hybridized carbons (Fsp3) is 0.611. The van der Waals surface area contributed by atoms with Crippen molar-refractivity contribution in [3.8, 4) is 0 Å². The molecule has 3 amide bonds. The van der Waals surface area contributed by atoms with Crippen molar-refractivity contribution < 1.29 is 38.5 Å². The Bertz CT molecular complexity index is 1340. The van der Waals surface area contributed by atoms with E-state index in [-0.39, 0.29) is 48.7 Å². The van der Waals surface area contributed by atoms with Gasteiger partial charge in [-0.05, 0) is 31.2 Å². The predicted molar refractivity (Wildman–Crippen MR) is 185 cm³/mol. The quantitative estimate of drug-likeness (QED) is 0.100. The highest BCUT2D eigenvalue weighted by Gasteiger charge is 2.77. The zero-order valence-electron chi connectivity index (χ0n) is 28.1. The van der Waals surface area contributed by atoms with Gasteiger partial charge in [0.25, 0.3) is 0 Å². The van der Waals surface area contributed by atoms with Gasteiger partial charge in [-0.1, -0.05) is 58.4 Å². The van der Waals surface area contributed by atoms with E-state index in [0.29, 0.717) is 64.1 Å². The SMILES string of the molecule is C=CCCC(=O)NC[C@@H](OC(=O)[C@H]1[C@@H]2O[C@@]3(CC2Br)[C@@H]1C(=O)N(CCCCO)[C@@H]3C(=O)N(CC=C)CCN1CCOCC1)c1ccccc1. The number of nitrogens with zero attached hydrogens (tertiary/aromatic N) is 3. The van der Waals surface area contributed by atoms with E-state index in [1.165, 1.54) is 0 Å².